The maximum absolute atomic E-state index is 10.5. The third-order valence-electron chi connectivity index (χ3n) is 1.86. The van der Waals surface area contributed by atoms with E-state index in [0.717, 1.165) is 0 Å². The summed E-state index contributed by atoms with van der Waals surface area (Å²) in [7, 11) is -3.99. The molecule has 0 heterocycles. The molecule has 1 atom stereocenters. The number of carbonyl (C=O) groups excluding carboxylic acids is 1. The van der Waals surface area contributed by atoms with Crippen molar-refractivity contribution in [3.8, 4) is 0 Å². The van der Waals surface area contributed by atoms with E-state index in [1.54, 1.807) is 6.92 Å². The topological polar surface area (TPSA) is 158 Å². The molecule has 19 heavy (non-hydrogen) atoms. The van der Waals surface area contributed by atoms with Crippen LogP contribution in [-0.2, 0) is 14.9 Å². The molecule has 6 N–H and O–H groups in total. The molecular formula is C10H21NO7S. The quantitative estimate of drug-likeness (QED) is 0.276. The van der Waals surface area contributed by atoms with Gasteiger partial charge in [0.15, 0.2) is 0 Å². The van der Waals surface area contributed by atoms with E-state index >= 15 is 0 Å². The molecule has 0 bridgehead atoms. The standard InChI is InChI=1S/C7H13NO4S.C3H8O3/c1-5(4-13(10,11)12)3-6(2)7(8)9;4-1-3(6)2-5/h5H,2-4H2,1H3,(H2,8,9)(H,10,11,12);3-6H,1-2H2. The summed E-state index contributed by atoms with van der Waals surface area (Å²) in [5, 5.41) is 24.0. The van der Waals surface area contributed by atoms with E-state index in [1.165, 1.54) is 0 Å². The van der Waals surface area contributed by atoms with Gasteiger partial charge in [-0.3, -0.25) is 9.35 Å². The maximum Gasteiger partial charge on any atom is 0.265 e. The Morgan fingerprint density at radius 3 is 1.95 bits per heavy atom. The van der Waals surface area contributed by atoms with Crippen molar-refractivity contribution < 1.29 is 33.1 Å². The molecule has 0 aliphatic heterocycles. The normalized spacial score (nSPS) is 12.5. The second-order valence-corrected chi connectivity index (χ2v) is 5.54. The van der Waals surface area contributed by atoms with Crippen molar-refractivity contribution in [2.75, 3.05) is 19.0 Å². The minimum atomic E-state index is -3.99. The van der Waals surface area contributed by atoms with Crippen LogP contribution >= 0.6 is 0 Å². The number of aliphatic hydroxyl groups is 3. The van der Waals surface area contributed by atoms with Gasteiger partial charge in [-0.05, 0) is 12.3 Å². The number of hydrogen-bond acceptors (Lipinski definition) is 6. The van der Waals surface area contributed by atoms with E-state index in [-0.39, 0.29) is 36.9 Å². The fourth-order valence-electron chi connectivity index (χ4n) is 0.997. The SMILES string of the molecule is C=C(CC(C)CS(=O)(=O)O)C(N)=O.OCC(O)CO. The van der Waals surface area contributed by atoms with Gasteiger partial charge in [-0.2, -0.15) is 8.42 Å². The van der Waals surface area contributed by atoms with Crippen LogP contribution in [0.4, 0.5) is 0 Å². The Labute approximate surface area is 112 Å². The first kappa shape index (κ1) is 20.3. The number of primary amides is 1. The molecule has 0 aromatic carbocycles. The first-order valence-corrected chi connectivity index (χ1v) is 6.96. The fraction of sp³-hybridized carbons (Fsp3) is 0.700. The number of nitrogens with two attached hydrogens (primary N) is 1. The smallest absolute Gasteiger partial charge is 0.265 e. The number of aliphatic hydroxyl groups excluding tert-OH is 3. The highest BCUT2D eigenvalue weighted by atomic mass is 32.2. The Bertz CT molecular complexity index is 375. The van der Waals surface area contributed by atoms with Crippen LogP contribution in [0.3, 0.4) is 0 Å². The highest BCUT2D eigenvalue weighted by Gasteiger charge is 2.14. The minimum absolute atomic E-state index is 0.163. The number of rotatable bonds is 7. The average molecular weight is 299 g/mol. The van der Waals surface area contributed by atoms with Crippen molar-refractivity contribution in [1.82, 2.24) is 0 Å². The van der Waals surface area contributed by atoms with Crippen LogP contribution < -0.4 is 5.73 Å². The lowest BCUT2D eigenvalue weighted by Gasteiger charge is -2.08. The molecule has 0 aliphatic rings. The predicted molar refractivity (Wildman–Crippen MR) is 68.7 cm³/mol. The minimum Gasteiger partial charge on any atom is -0.394 e. The van der Waals surface area contributed by atoms with Crippen LogP contribution in [0.25, 0.3) is 0 Å². The third kappa shape index (κ3) is 14.9. The maximum atomic E-state index is 10.5. The first-order valence-electron chi connectivity index (χ1n) is 5.36. The lowest BCUT2D eigenvalue weighted by Crippen LogP contribution is -2.18. The molecule has 0 saturated heterocycles. The Kier molecular flexibility index (Phi) is 10.6. The molecule has 8 nitrogen and oxygen atoms in total. The highest BCUT2D eigenvalue weighted by Crippen LogP contribution is 2.10. The molecule has 1 amide bonds. The van der Waals surface area contributed by atoms with E-state index in [4.69, 9.17) is 25.6 Å². The first-order chi connectivity index (χ1) is 8.53. The van der Waals surface area contributed by atoms with Crippen molar-refractivity contribution in [2.45, 2.75) is 19.4 Å². The van der Waals surface area contributed by atoms with Crippen LogP contribution in [0.15, 0.2) is 12.2 Å². The van der Waals surface area contributed by atoms with Gasteiger partial charge in [-0.25, -0.2) is 0 Å². The van der Waals surface area contributed by atoms with Crippen LogP contribution in [0.1, 0.15) is 13.3 Å². The lowest BCUT2D eigenvalue weighted by atomic mass is 10.0. The summed E-state index contributed by atoms with van der Waals surface area (Å²) in [6.07, 6.45) is -0.778. The summed E-state index contributed by atoms with van der Waals surface area (Å²) in [6, 6.07) is 0. The summed E-state index contributed by atoms with van der Waals surface area (Å²) < 4.78 is 29.3. The number of hydrogen-bond donors (Lipinski definition) is 5. The average Bonchev–Trinajstić information content (AvgIpc) is 2.25. The molecule has 0 saturated carbocycles. The molecule has 0 fully saturated rings. The molecule has 0 aliphatic carbocycles. The monoisotopic (exact) mass is 299 g/mol. The molecule has 0 spiro atoms. The summed E-state index contributed by atoms with van der Waals surface area (Å²) in [5.41, 5.74) is 5.06. The molecule has 0 radical (unpaired) electrons. The largest absolute Gasteiger partial charge is 0.394 e. The third-order valence-corrected chi connectivity index (χ3v) is 2.85. The Morgan fingerprint density at radius 1 is 1.32 bits per heavy atom. The summed E-state index contributed by atoms with van der Waals surface area (Å²) in [5.74, 6) is -1.41. The van der Waals surface area contributed by atoms with Crippen molar-refractivity contribution in [2.24, 2.45) is 11.7 Å². The molecule has 9 heteroatoms. The Balaban J connectivity index is 0. The zero-order valence-electron chi connectivity index (χ0n) is 10.7. The zero-order chi connectivity index (χ0) is 15.6. The van der Waals surface area contributed by atoms with E-state index < -0.39 is 22.1 Å². The number of carbonyl (C=O) groups is 1. The van der Waals surface area contributed by atoms with Gasteiger partial charge in [-0.1, -0.05) is 13.5 Å². The van der Waals surface area contributed by atoms with Gasteiger partial charge in [0.2, 0.25) is 5.91 Å². The molecule has 0 aromatic rings. The number of amides is 1. The van der Waals surface area contributed by atoms with E-state index in [1.807, 2.05) is 0 Å². The van der Waals surface area contributed by atoms with Crippen molar-refractivity contribution in [3.05, 3.63) is 12.2 Å². The second kappa shape index (κ2) is 9.87. The van der Waals surface area contributed by atoms with Gasteiger partial charge in [-0.15, -0.1) is 0 Å². The zero-order valence-corrected chi connectivity index (χ0v) is 11.5. The van der Waals surface area contributed by atoms with Crippen molar-refractivity contribution in [1.29, 1.82) is 0 Å². The van der Waals surface area contributed by atoms with Crippen LogP contribution in [-0.4, -0.2) is 59.3 Å². The fourth-order valence-corrected chi connectivity index (χ4v) is 1.83. The summed E-state index contributed by atoms with van der Waals surface area (Å²) in [6.45, 7) is 4.23. The van der Waals surface area contributed by atoms with E-state index in [2.05, 4.69) is 6.58 Å². The van der Waals surface area contributed by atoms with Gasteiger partial charge >= 0.3 is 0 Å². The van der Waals surface area contributed by atoms with Crippen LogP contribution in [0.2, 0.25) is 0 Å². The van der Waals surface area contributed by atoms with Gasteiger partial charge in [0.1, 0.15) is 6.10 Å². The second-order valence-electron chi connectivity index (χ2n) is 4.04. The van der Waals surface area contributed by atoms with E-state index in [9.17, 15) is 13.2 Å². The van der Waals surface area contributed by atoms with Gasteiger partial charge in [0.25, 0.3) is 10.1 Å². The Morgan fingerprint density at radius 2 is 1.74 bits per heavy atom. The molecular weight excluding hydrogens is 278 g/mol. The lowest BCUT2D eigenvalue weighted by molar-refractivity contribution is -0.114. The summed E-state index contributed by atoms with van der Waals surface area (Å²) in [4.78, 5) is 10.5. The van der Waals surface area contributed by atoms with Gasteiger partial charge < -0.3 is 21.1 Å². The van der Waals surface area contributed by atoms with Crippen molar-refractivity contribution >= 4 is 16.0 Å². The molecule has 1 unspecified atom stereocenters. The highest BCUT2D eigenvalue weighted by molar-refractivity contribution is 7.85. The molecule has 114 valence electrons. The molecule has 0 rings (SSSR count). The van der Waals surface area contributed by atoms with Gasteiger partial charge in [0, 0.05) is 5.57 Å². The van der Waals surface area contributed by atoms with Crippen LogP contribution in [0.5, 0.6) is 0 Å². The predicted octanol–water partition coefficient (Wildman–Crippen LogP) is -1.73. The Hall–Kier alpha value is -1.00. The summed E-state index contributed by atoms with van der Waals surface area (Å²) >= 11 is 0. The van der Waals surface area contributed by atoms with Crippen LogP contribution in [0, 0.1) is 5.92 Å². The van der Waals surface area contributed by atoms with Gasteiger partial charge in [0.05, 0.1) is 19.0 Å². The molecule has 0 aromatic heterocycles. The van der Waals surface area contributed by atoms with Crippen molar-refractivity contribution in [3.63, 3.8) is 0 Å². The van der Waals surface area contributed by atoms with E-state index in [0.29, 0.717) is 0 Å².